The molecule has 0 bridgehead atoms. The highest BCUT2D eigenvalue weighted by Gasteiger charge is 2.18. The summed E-state index contributed by atoms with van der Waals surface area (Å²) in [5.41, 5.74) is 11.1. The number of carboxylic acids is 1. The third kappa shape index (κ3) is 3.71. The van der Waals surface area contributed by atoms with Crippen molar-refractivity contribution in [3.63, 3.8) is 0 Å². The van der Waals surface area contributed by atoms with Crippen LogP contribution in [0, 0.1) is 0 Å². The van der Waals surface area contributed by atoms with Crippen LogP contribution in [0.4, 0.5) is 17.2 Å². The molecule has 7 N–H and O–H groups in total. The zero-order valence-corrected chi connectivity index (χ0v) is 16.5. The smallest absolute Gasteiger partial charge is 0.354 e. The third-order valence-corrected chi connectivity index (χ3v) is 4.76. The summed E-state index contributed by atoms with van der Waals surface area (Å²) in [6, 6.07) is 9.64. The van der Waals surface area contributed by atoms with E-state index < -0.39 is 22.7 Å². The van der Waals surface area contributed by atoms with Crippen LogP contribution in [-0.2, 0) is 13.1 Å². The monoisotopic (exact) mass is 435 g/mol. The standard InChI is InChI=1S/C20H17N7O5/c21-13-6-14-25-11(5-12(20(31)32)27(14)26-13)19(30)24-8-10-3-1-2-9(4-10)7-23-16-15(22)17(28)18(16)29/h1-6,23H,7-8,22H2,(H2,21,26)(H,24,30)(H,31,32). The highest BCUT2D eigenvalue weighted by atomic mass is 16.4. The van der Waals surface area contributed by atoms with Crippen LogP contribution in [0.25, 0.3) is 5.65 Å². The van der Waals surface area contributed by atoms with Crippen LogP contribution >= 0.6 is 0 Å². The largest absolute Gasteiger partial charge is 0.477 e. The van der Waals surface area contributed by atoms with Crippen molar-refractivity contribution >= 4 is 34.7 Å². The number of nitrogens with two attached hydrogens (primary N) is 2. The van der Waals surface area contributed by atoms with Crippen molar-refractivity contribution < 1.29 is 14.7 Å². The molecule has 2 aromatic carbocycles. The summed E-state index contributed by atoms with van der Waals surface area (Å²) in [4.78, 5) is 50.8. The number of amides is 1. The van der Waals surface area contributed by atoms with Crippen molar-refractivity contribution in [2.45, 2.75) is 13.1 Å². The van der Waals surface area contributed by atoms with Gasteiger partial charge in [-0.25, -0.2) is 14.3 Å². The van der Waals surface area contributed by atoms with E-state index in [0.29, 0.717) is 0 Å². The van der Waals surface area contributed by atoms with E-state index in [-0.39, 0.29) is 47.3 Å². The van der Waals surface area contributed by atoms with Gasteiger partial charge in [-0.3, -0.25) is 14.4 Å². The number of nitrogen functional groups attached to an aromatic ring is 2. The Labute approximate surface area is 179 Å². The molecule has 0 aliphatic carbocycles. The average Bonchev–Trinajstić information content (AvgIpc) is 3.16. The van der Waals surface area contributed by atoms with Crippen LogP contribution in [0.3, 0.4) is 0 Å². The van der Waals surface area contributed by atoms with E-state index in [9.17, 15) is 24.3 Å². The molecule has 4 rings (SSSR count). The molecule has 2 heterocycles. The summed E-state index contributed by atoms with van der Waals surface area (Å²) < 4.78 is 1.05. The second-order valence-electron chi connectivity index (χ2n) is 6.97. The fourth-order valence-electron chi connectivity index (χ4n) is 3.16. The summed E-state index contributed by atoms with van der Waals surface area (Å²) in [6.45, 7) is 0.408. The fraction of sp³-hybridized carbons (Fsp3) is 0.100. The second kappa shape index (κ2) is 7.83. The highest BCUT2D eigenvalue weighted by molar-refractivity contribution is 5.96. The Morgan fingerprint density at radius 1 is 1.03 bits per heavy atom. The predicted molar refractivity (Wildman–Crippen MR) is 115 cm³/mol. The molecule has 2 aromatic heterocycles. The molecule has 12 nitrogen and oxygen atoms in total. The van der Waals surface area contributed by atoms with Gasteiger partial charge in [-0.05, 0) is 11.1 Å². The predicted octanol–water partition coefficient (Wildman–Crippen LogP) is -0.270. The Hall–Kier alpha value is -4.74. The van der Waals surface area contributed by atoms with Crippen molar-refractivity contribution in [2.24, 2.45) is 0 Å². The Kier molecular flexibility index (Phi) is 5.02. The molecule has 0 radical (unpaired) electrons. The van der Waals surface area contributed by atoms with Crippen LogP contribution in [0.2, 0.25) is 0 Å². The number of nitrogens with zero attached hydrogens (tertiary/aromatic N) is 3. The zero-order chi connectivity index (χ0) is 23.0. The van der Waals surface area contributed by atoms with E-state index in [1.54, 1.807) is 24.3 Å². The number of fused-ring (bicyclic) bond motifs is 1. The molecule has 0 aliphatic heterocycles. The molecule has 1 amide bonds. The molecule has 0 aliphatic rings. The van der Waals surface area contributed by atoms with Crippen LogP contribution < -0.4 is 33.0 Å². The average molecular weight is 435 g/mol. The molecule has 0 saturated heterocycles. The maximum atomic E-state index is 12.6. The Balaban J connectivity index is 1.45. The maximum absolute atomic E-state index is 12.6. The maximum Gasteiger partial charge on any atom is 0.354 e. The van der Waals surface area contributed by atoms with Gasteiger partial charge in [0, 0.05) is 25.2 Å². The number of rotatable bonds is 7. The molecule has 0 fully saturated rings. The fourth-order valence-corrected chi connectivity index (χ4v) is 3.16. The van der Waals surface area contributed by atoms with Crippen molar-refractivity contribution in [3.05, 3.63) is 79.4 Å². The summed E-state index contributed by atoms with van der Waals surface area (Å²) in [5, 5.41) is 18.7. The molecule has 0 spiro atoms. The lowest BCUT2D eigenvalue weighted by atomic mass is 10.1. The number of aromatic carboxylic acids is 1. The molecular formula is C20H17N7O5. The number of hydrogen-bond acceptors (Lipinski definition) is 9. The first-order valence-electron chi connectivity index (χ1n) is 9.33. The van der Waals surface area contributed by atoms with Gasteiger partial charge in [-0.1, -0.05) is 24.3 Å². The number of benzene rings is 1. The number of carbonyl (C=O) groups is 2. The molecule has 4 aromatic rings. The van der Waals surface area contributed by atoms with E-state index >= 15 is 0 Å². The van der Waals surface area contributed by atoms with Gasteiger partial charge in [0.15, 0.2) is 11.3 Å². The van der Waals surface area contributed by atoms with E-state index in [2.05, 4.69) is 20.7 Å². The molecular weight excluding hydrogens is 418 g/mol. The van der Waals surface area contributed by atoms with Gasteiger partial charge in [0.2, 0.25) is 0 Å². The van der Waals surface area contributed by atoms with Crippen molar-refractivity contribution in [3.8, 4) is 0 Å². The van der Waals surface area contributed by atoms with Gasteiger partial charge in [-0.15, -0.1) is 5.10 Å². The molecule has 0 atom stereocenters. The first-order chi connectivity index (χ1) is 15.2. The van der Waals surface area contributed by atoms with Crippen LogP contribution in [0.1, 0.15) is 32.1 Å². The summed E-state index contributed by atoms with van der Waals surface area (Å²) >= 11 is 0. The number of nitrogens with one attached hydrogen (secondary N) is 2. The number of anilines is 3. The first kappa shape index (κ1) is 20.5. The van der Waals surface area contributed by atoms with Crippen molar-refractivity contribution in [2.75, 3.05) is 16.8 Å². The van der Waals surface area contributed by atoms with Gasteiger partial charge in [0.1, 0.15) is 22.9 Å². The van der Waals surface area contributed by atoms with Gasteiger partial charge in [0.25, 0.3) is 16.8 Å². The van der Waals surface area contributed by atoms with E-state index in [1.807, 2.05) is 0 Å². The quantitative estimate of drug-likeness (QED) is 0.241. The van der Waals surface area contributed by atoms with Crippen molar-refractivity contribution in [1.29, 1.82) is 0 Å². The number of carbonyl (C=O) groups excluding carboxylic acids is 1. The van der Waals surface area contributed by atoms with E-state index in [4.69, 9.17) is 11.5 Å². The zero-order valence-electron chi connectivity index (χ0n) is 16.5. The third-order valence-electron chi connectivity index (χ3n) is 4.76. The number of carboxylic acid groups (broad SMARTS) is 1. The summed E-state index contributed by atoms with van der Waals surface area (Å²) in [6.07, 6.45) is 0. The molecule has 0 saturated carbocycles. The summed E-state index contributed by atoms with van der Waals surface area (Å²) in [5.74, 6) is -1.78. The minimum absolute atomic E-state index is 0.0773. The SMILES string of the molecule is Nc1cc2nc(C(=O)NCc3cccc(CNc4c(N)c(=O)c4=O)c3)cc(C(=O)O)n2n1. The lowest BCUT2D eigenvalue weighted by Gasteiger charge is -2.11. The van der Waals surface area contributed by atoms with Gasteiger partial charge >= 0.3 is 5.97 Å². The molecule has 0 unspecified atom stereocenters. The lowest BCUT2D eigenvalue weighted by molar-refractivity contribution is 0.0687. The van der Waals surface area contributed by atoms with Crippen molar-refractivity contribution in [1.82, 2.24) is 19.9 Å². The lowest BCUT2D eigenvalue weighted by Crippen LogP contribution is -2.36. The number of aromatic nitrogens is 3. The number of hydrogen-bond donors (Lipinski definition) is 5. The molecule has 32 heavy (non-hydrogen) atoms. The van der Waals surface area contributed by atoms with E-state index in [1.165, 1.54) is 6.07 Å². The normalized spacial score (nSPS) is 11.0. The van der Waals surface area contributed by atoms with Gasteiger partial charge in [-0.2, -0.15) is 0 Å². The summed E-state index contributed by atoms with van der Waals surface area (Å²) in [7, 11) is 0. The van der Waals surface area contributed by atoms with Crippen LogP contribution in [-0.4, -0.2) is 31.6 Å². The van der Waals surface area contributed by atoms with E-state index in [0.717, 1.165) is 21.7 Å². The second-order valence-corrected chi connectivity index (χ2v) is 6.97. The first-order valence-corrected chi connectivity index (χ1v) is 9.33. The Morgan fingerprint density at radius 3 is 2.44 bits per heavy atom. The van der Waals surface area contributed by atoms with Gasteiger partial charge < -0.3 is 27.2 Å². The minimum Gasteiger partial charge on any atom is -0.477 e. The highest BCUT2D eigenvalue weighted by Crippen LogP contribution is 2.14. The Morgan fingerprint density at radius 2 is 1.75 bits per heavy atom. The topological polar surface area (TPSA) is 195 Å². The Bertz CT molecular complexity index is 1450. The van der Waals surface area contributed by atoms with Gasteiger partial charge in [0.05, 0.1) is 0 Å². The molecule has 162 valence electrons. The van der Waals surface area contributed by atoms with Crippen LogP contribution in [0.5, 0.6) is 0 Å². The molecule has 12 heteroatoms. The minimum atomic E-state index is -1.28. The van der Waals surface area contributed by atoms with Crippen LogP contribution in [0.15, 0.2) is 46.0 Å².